The third kappa shape index (κ3) is 3.94. The third-order valence-electron chi connectivity index (χ3n) is 3.60. The maximum absolute atomic E-state index is 12.4. The Morgan fingerprint density at radius 2 is 1.74 bits per heavy atom. The van der Waals surface area contributed by atoms with Crippen molar-refractivity contribution in [3.8, 4) is 0 Å². The summed E-state index contributed by atoms with van der Waals surface area (Å²) < 4.78 is 42.6. The number of nitrogens with one attached hydrogen (secondary N) is 1. The van der Waals surface area contributed by atoms with E-state index in [1.807, 2.05) is 0 Å². The highest BCUT2D eigenvalue weighted by Crippen LogP contribution is 2.29. The van der Waals surface area contributed by atoms with Crippen LogP contribution in [0.4, 0.5) is 13.2 Å². The summed E-state index contributed by atoms with van der Waals surface area (Å²) in [5.41, 5.74) is 0.273. The Morgan fingerprint density at radius 3 is 2.26 bits per heavy atom. The van der Waals surface area contributed by atoms with E-state index in [1.165, 1.54) is 12.1 Å². The first-order chi connectivity index (χ1) is 8.89. The molecule has 2 nitrogen and oxygen atoms in total. The van der Waals surface area contributed by atoms with Gasteiger partial charge in [-0.2, -0.15) is 13.2 Å². The first-order valence-corrected chi connectivity index (χ1v) is 6.38. The molecule has 1 fully saturated rings. The van der Waals surface area contributed by atoms with Crippen molar-refractivity contribution in [2.75, 3.05) is 13.2 Å². The second-order valence-electron chi connectivity index (χ2n) is 5.22. The minimum absolute atomic E-state index is 0.0148. The normalized spacial score (nSPS) is 19.4. The molecule has 0 aliphatic carbocycles. The molecular weight excluding hydrogens is 255 g/mol. The molecule has 1 N–H and O–H groups in total. The lowest BCUT2D eigenvalue weighted by atomic mass is 9.92. The summed E-state index contributed by atoms with van der Waals surface area (Å²) in [7, 11) is 0. The van der Waals surface area contributed by atoms with Crippen LogP contribution in [0.2, 0.25) is 0 Å². The Labute approximate surface area is 111 Å². The fourth-order valence-corrected chi connectivity index (χ4v) is 2.13. The van der Waals surface area contributed by atoms with Crippen molar-refractivity contribution in [3.63, 3.8) is 0 Å². The number of benzene rings is 1. The van der Waals surface area contributed by atoms with Gasteiger partial charge >= 0.3 is 6.18 Å². The number of alkyl halides is 3. The molecule has 2 rings (SSSR count). The fourth-order valence-electron chi connectivity index (χ4n) is 2.13. The molecule has 1 aliphatic heterocycles. The lowest BCUT2D eigenvalue weighted by Gasteiger charge is -2.34. The molecular formula is C14H18F3NO. The maximum atomic E-state index is 12.4. The molecule has 1 aromatic rings. The molecule has 1 aromatic carbocycles. The van der Waals surface area contributed by atoms with Gasteiger partial charge < -0.3 is 10.1 Å². The molecule has 0 amide bonds. The molecule has 0 saturated carbocycles. The first kappa shape index (κ1) is 14.3. The van der Waals surface area contributed by atoms with Crippen molar-refractivity contribution >= 4 is 0 Å². The average molecular weight is 273 g/mol. The van der Waals surface area contributed by atoms with Crippen LogP contribution in [0.15, 0.2) is 24.3 Å². The van der Waals surface area contributed by atoms with E-state index in [-0.39, 0.29) is 5.54 Å². The Hall–Kier alpha value is -1.07. The van der Waals surface area contributed by atoms with Crippen molar-refractivity contribution in [2.24, 2.45) is 0 Å². The molecule has 19 heavy (non-hydrogen) atoms. The van der Waals surface area contributed by atoms with Crippen LogP contribution in [0.5, 0.6) is 0 Å². The molecule has 1 heterocycles. The lowest BCUT2D eigenvalue weighted by molar-refractivity contribution is -0.137. The predicted molar refractivity (Wildman–Crippen MR) is 66.7 cm³/mol. The quantitative estimate of drug-likeness (QED) is 0.911. The van der Waals surface area contributed by atoms with Crippen molar-refractivity contribution < 1.29 is 17.9 Å². The highest BCUT2D eigenvalue weighted by molar-refractivity contribution is 5.24. The van der Waals surface area contributed by atoms with Gasteiger partial charge in [-0.3, -0.25) is 0 Å². The van der Waals surface area contributed by atoms with Gasteiger partial charge in [0, 0.05) is 25.3 Å². The number of ether oxygens (including phenoxy) is 1. The van der Waals surface area contributed by atoms with E-state index in [0.29, 0.717) is 6.54 Å². The maximum Gasteiger partial charge on any atom is 0.416 e. The van der Waals surface area contributed by atoms with Gasteiger partial charge in [-0.15, -0.1) is 0 Å². The van der Waals surface area contributed by atoms with Crippen LogP contribution >= 0.6 is 0 Å². The van der Waals surface area contributed by atoms with Crippen molar-refractivity contribution in [1.29, 1.82) is 0 Å². The van der Waals surface area contributed by atoms with Gasteiger partial charge in [-0.05, 0) is 37.5 Å². The summed E-state index contributed by atoms with van der Waals surface area (Å²) in [6.45, 7) is 4.17. The Morgan fingerprint density at radius 1 is 1.16 bits per heavy atom. The number of hydrogen-bond donors (Lipinski definition) is 1. The predicted octanol–water partition coefficient (Wildman–Crippen LogP) is 3.36. The summed E-state index contributed by atoms with van der Waals surface area (Å²) in [5.74, 6) is 0. The van der Waals surface area contributed by atoms with Gasteiger partial charge in [0.15, 0.2) is 0 Å². The first-order valence-electron chi connectivity index (χ1n) is 6.38. The summed E-state index contributed by atoms with van der Waals surface area (Å²) in [4.78, 5) is 0. The summed E-state index contributed by atoms with van der Waals surface area (Å²) in [6, 6.07) is 5.31. The van der Waals surface area contributed by atoms with Crippen LogP contribution < -0.4 is 5.32 Å². The highest BCUT2D eigenvalue weighted by Gasteiger charge is 2.30. The van der Waals surface area contributed by atoms with Crippen molar-refractivity contribution in [2.45, 2.75) is 38.0 Å². The molecule has 106 valence electrons. The zero-order valence-corrected chi connectivity index (χ0v) is 10.9. The molecule has 0 aromatic heterocycles. The number of halogens is 3. The Kier molecular flexibility index (Phi) is 4.16. The van der Waals surface area contributed by atoms with Crippen LogP contribution in [-0.2, 0) is 17.5 Å². The topological polar surface area (TPSA) is 21.3 Å². The minimum atomic E-state index is -4.27. The van der Waals surface area contributed by atoms with Gasteiger partial charge in [0.1, 0.15) is 0 Å². The Bertz CT molecular complexity index is 408. The van der Waals surface area contributed by atoms with Crippen LogP contribution in [0, 0.1) is 0 Å². The molecule has 0 radical (unpaired) electrons. The molecule has 0 bridgehead atoms. The van der Waals surface area contributed by atoms with Gasteiger partial charge in [-0.1, -0.05) is 12.1 Å². The van der Waals surface area contributed by atoms with E-state index in [1.54, 1.807) is 0 Å². The van der Waals surface area contributed by atoms with E-state index in [2.05, 4.69) is 12.2 Å². The highest BCUT2D eigenvalue weighted by atomic mass is 19.4. The lowest BCUT2D eigenvalue weighted by Crippen LogP contribution is -2.46. The number of rotatable bonds is 3. The van der Waals surface area contributed by atoms with E-state index < -0.39 is 11.7 Å². The zero-order chi connectivity index (χ0) is 13.9. The third-order valence-corrected chi connectivity index (χ3v) is 3.60. The average Bonchev–Trinajstić information content (AvgIpc) is 2.37. The molecule has 5 heteroatoms. The molecule has 1 saturated heterocycles. The zero-order valence-electron chi connectivity index (χ0n) is 10.9. The van der Waals surface area contributed by atoms with Crippen LogP contribution in [0.1, 0.15) is 30.9 Å². The molecule has 0 unspecified atom stereocenters. The van der Waals surface area contributed by atoms with Gasteiger partial charge in [0.2, 0.25) is 0 Å². The van der Waals surface area contributed by atoms with E-state index >= 15 is 0 Å². The monoisotopic (exact) mass is 273 g/mol. The fraction of sp³-hybridized carbons (Fsp3) is 0.571. The smallest absolute Gasteiger partial charge is 0.381 e. The molecule has 0 spiro atoms. The van der Waals surface area contributed by atoms with Crippen LogP contribution in [0.25, 0.3) is 0 Å². The van der Waals surface area contributed by atoms with Gasteiger partial charge in [-0.25, -0.2) is 0 Å². The second-order valence-corrected chi connectivity index (χ2v) is 5.22. The standard InChI is InChI=1S/C14H18F3NO/c1-13(6-8-19-9-7-13)18-10-11-2-4-12(5-3-11)14(15,16)17/h2-5,18H,6-10H2,1H3. The van der Waals surface area contributed by atoms with Crippen molar-refractivity contribution in [1.82, 2.24) is 5.32 Å². The van der Waals surface area contributed by atoms with Crippen LogP contribution in [-0.4, -0.2) is 18.8 Å². The molecule has 0 atom stereocenters. The number of hydrogen-bond acceptors (Lipinski definition) is 2. The summed E-state index contributed by atoms with van der Waals surface area (Å²) >= 11 is 0. The summed E-state index contributed by atoms with van der Waals surface area (Å²) in [6.07, 6.45) is -2.42. The second kappa shape index (κ2) is 5.51. The van der Waals surface area contributed by atoms with Gasteiger partial charge in [0.05, 0.1) is 5.56 Å². The van der Waals surface area contributed by atoms with E-state index in [4.69, 9.17) is 4.74 Å². The minimum Gasteiger partial charge on any atom is -0.381 e. The van der Waals surface area contributed by atoms with Crippen molar-refractivity contribution in [3.05, 3.63) is 35.4 Å². The SMILES string of the molecule is CC1(NCc2ccc(C(F)(F)F)cc2)CCOCC1. The van der Waals surface area contributed by atoms with Crippen LogP contribution in [0.3, 0.4) is 0 Å². The largest absolute Gasteiger partial charge is 0.416 e. The molecule has 1 aliphatic rings. The van der Waals surface area contributed by atoms with E-state index in [0.717, 1.165) is 43.8 Å². The Balaban J connectivity index is 1.93. The van der Waals surface area contributed by atoms with Gasteiger partial charge in [0.25, 0.3) is 0 Å². The van der Waals surface area contributed by atoms with E-state index in [9.17, 15) is 13.2 Å². The summed E-state index contributed by atoms with van der Waals surface area (Å²) in [5, 5.41) is 3.41.